The van der Waals surface area contributed by atoms with Gasteiger partial charge < -0.3 is 20.3 Å². The van der Waals surface area contributed by atoms with Crippen LogP contribution in [0.15, 0.2) is 29.4 Å². The van der Waals surface area contributed by atoms with Gasteiger partial charge in [0.1, 0.15) is 5.82 Å². The van der Waals surface area contributed by atoms with E-state index in [4.69, 9.17) is 9.72 Å². The largest absolute Gasteiger partial charge is 0.378 e. The van der Waals surface area contributed by atoms with Crippen molar-refractivity contribution >= 4 is 18.0 Å². The smallest absolute Gasteiger partial charge is 0.245 e. The number of hydrazone groups is 1. The summed E-state index contributed by atoms with van der Waals surface area (Å²) in [6.45, 7) is 9.34. The van der Waals surface area contributed by atoms with Gasteiger partial charge in [-0.3, -0.25) is 0 Å². The molecule has 0 amide bonds. The van der Waals surface area contributed by atoms with Crippen molar-refractivity contribution in [3.8, 4) is 0 Å². The molecular formula is C22H31N7O. The molecule has 3 aliphatic rings. The maximum atomic E-state index is 5.45. The zero-order valence-corrected chi connectivity index (χ0v) is 17.7. The second-order valence-corrected chi connectivity index (χ2v) is 7.74. The molecule has 0 aliphatic carbocycles. The molecule has 30 heavy (non-hydrogen) atoms. The molecule has 2 saturated heterocycles. The molecule has 0 radical (unpaired) electrons. The maximum Gasteiger partial charge on any atom is 0.245 e. The molecule has 0 unspecified atom stereocenters. The lowest BCUT2D eigenvalue weighted by atomic mass is 10.2. The van der Waals surface area contributed by atoms with Crippen molar-refractivity contribution in [2.24, 2.45) is 5.10 Å². The summed E-state index contributed by atoms with van der Waals surface area (Å²) in [5, 5.41) is 10.9. The van der Waals surface area contributed by atoms with Crippen molar-refractivity contribution in [2.75, 3.05) is 49.7 Å². The van der Waals surface area contributed by atoms with Gasteiger partial charge in [-0.25, -0.2) is 10.4 Å². The summed E-state index contributed by atoms with van der Waals surface area (Å²) in [4.78, 5) is 11.6. The van der Waals surface area contributed by atoms with Crippen molar-refractivity contribution in [2.45, 2.75) is 32.9 Å². The van der Waals surface area contributed by atoms with E-state index < -0.39 is 0 Å². The Balaban J connectivity index is 0.000000383. The van der Waals surface area contributed by atoms with Crippen LogP contribution < -0.4 is 21.0 Å². The number of benzene rings is 1. The Bertz CT molecular complexity index is 853. The number of aryl methyl sites for hydroxylation is 1. The molecule has 3 aliphatic heterocycles. The van der Waals surface area contributed by atoms with Gasteiger partial charge in [-0.1, -0.05) is 29.8 Å². The molecule has 4 heterocycles. The van der Waals surface area contributed by atoms with Crippen LogP contribution in [0.3, 0.4) is 0 Å². The van der Waals surface area contributed by atoms with E-state index >= 15 is 0 Å². The van der Waals surface area contributed by atoms with Crippen molar-refractivity contribution < 1.29 is 4.74 Å². The standard InChI is InChI=1S/C18H22N6O.C4H9N/c1-13-3-2-4-14(9-13)10-20-23-18-21-16-12-19-11-15(16)17(22-18)24-5-7-25-8-6-24;1-2-4-5-3-1/h2-4,9-10,19H,5-8,11-12H2,1H3,(H,21,22,23);5H,1-4H2/b20-10+;. The van der Waals surface area contributed by atoms with Crippen LogP contribution in [-0.2, 0) is 17.8 Å². The first-order chi connectivity index (χ1) is 14.8. The van der Waals surface area contributed by atoms with Gasteiger partial charge in [-0.2, -0.15) is 10.1 Å². The molecule has 0 atom stereocenters. The average Bonchev–Trinajstić information content (AvgIpc) is 3.49. The third-order valence-corrected chi connectivity index (χ3v) is 5.35. The van der Waals surface area contributed by atoms with Gasteiger partial charge in [0.05, 0.1) is 25.1 Å². The van der Waals surface area contributed by atoms with Gasteiger partial charge in [-0.05, 0) is 38.4 Å². The number of anilines is 2. The fraction of sp³-hybridized carbons (Fsp3) is 0.500. The van der Waals surface area contributed by atoms with Gasteiger partial charge in [0.25, 0.3) is 0 Å². The topological polar surface area (TPSA) is 86.7 Å². The second-order valence-electron chi connectivity index (χ2n) is 7.74. The second kappa shape index (κ2) is 10.5. The normalized spacial score (nSPS) is 18.2. The molecule has 160 valence electrons. The predicted molar refractivity (Wildman–Crippen MR) is 120 cm³/mol. The molecule has 8 nitrogen and oxygen atoms in total. The molecular weight excluding hydrogens is 378 g/mol. The number of aromatic nitrogens is 2. The molecule has 0 bridgehead atoms. The molecule has 1 aromatic heterocycles. The Morgan fingerprint density at radius 1 is 1.10 bits per heavy atom. The number of rotatable bonds is 4. The van der Waals surface area contributed by atoms with Gasteiger partial charge in [0.2, 0.25) is 5.95 Å². The van der Waals surface area contributed by atoms with Crippen LogP contribution in [0.25, 0.3) is 0 Å². The lowest BCUT2D eigenvalue weighted by molar-refractivity contribution is 0.122. The highest BCUT2D eigenvalue weighted by Gasteiger charge is 2.23. The number of ether oxygens (including phenoxy) is 1. The quantitative estimate of drug-likeness (QED) is 0.526. The summed E-state index contributed by atoms with van der Waals surface area (Å²) in [7, 11) is 0. The zero-order chi connectivity index (χ0) is 20.6. The van der Waals surface area contributed by atoms with E-state index in [1.165, 1.54) is 37.1 Å². The Hall–Kier alpha value is -2.55. The highest BCUT2D eigenvalue weighted by atomic mass is 16.5. The van der Waals surface area contributed by atoms with Gasteiger partial charge >= 0.3 is 0 Å². The first kappa shape index (κ1) is 20.7. The number of hydrogen-bond acceptors (Lipinski definition) is 8. The van der Waals surface area contributed by atoms with E-state index in [-0.39, 0.29) is 0 Å². The van der Waals surface area contributed by atoms with Crippen molar-refractivity contribution in [1.82, 2.24) is 20.6 Å². The fourth-order valence-electron chi connectivity index (χ4n) is 3.78. The SMILES string of the molecule is C1CCNC1.Cc1cccc(/C=N/Nc2nc3c(c(N4CCOCC4)n2)CNC3)c1. The molecule has 2 fully saturated rings. The highest BCUT2D eigenvalue weighted by molar-refractivity contribution is 5.80. The first-order valence-corrected chi connectivity index (χ1v) is 10.8. The maximum absolute atomic E-state index is 5.45. The molecule has 8 heteroatoms. The van der Waals surface area contributed by atoms with E-state index in [0.717, 1.165) is 56.5 Å². The van der Waals surface area contributed by atoms with E-state index in [2.05, 4.69) is 50.1 Å². The summed E-state index contributed by atoms with van der Waals surface area (Å²) in [5.74, 6) is 1.53. The van der Waals surface area contributed by atoms with E-state index in [1.807, 2.05) is 12.1 Å². The molecule has 1 aromatic carbocycles. The fourth-order valence-corrected chi connectivity index (χ4v) is 3.78. The van der Waals surface area contributed by atoms with Gasteiger partial charge in [-0.15, -0.1) is 0 Å². The first-order valence-electron chi connectivity index (χ1n) is 10.8. The average molecular weight is 410 g/mol. The molecule has 0 spiro atoms. The third kappa shape index (κ3) is 5.53. The minimum Gasteiger partial charge on any atom is -0.378 e. The zero-order valence-electron chi connectivity index (χ0n) is 17.7. The van der Waals surface area contributed by atoms with Crippen LogP contribution in [0.2, 0.25) is 0 Å². The lowest BCUT2D eigenvalue weighted by Gasteiger charge is -2.29. The van der Waals surface area contributed by atoms with Crippen LogP contribution in [0.5, 0.6) is 0 Å². The summed E-state index contributed by atoms with van der Waals surface area (Å²) < 4.78 is 5.45. The van der Waals surface area contributed by atoms with Crippen LogP contribution in [-0.4, -0.2) is 55.6 Å². The highest BCUT2D eigenvalue weighted by Crippen LogP contribution is 2.26. The van der Waals surface area contributed by atoms with Gasteiger partial charge in [0, 0.05) is 31.7 Å². The summed E-state index contributed by atoms with van der Waals surface area (Å²) in [6, 6.07) is 8.18. The monoisotopic (exact) mass is 409 g/mol. The Morgan fingerprint density at radius 3 is 2.67 bits per heavy atom. The van der Waals surface area contributed by atoms with E-state index in [0.29, 0.717) is 5.95 Å². The lowest BCUT2D eigenvalue weighted by Crippen LogP contribution is -2.37. The van der Waals surface area contributed by atoms with E-state index in [1.54, 1.807) is 6.21 Å². The number of nitrogens with zero attached hydrogens (tertiary/aromatic N) is 4. The van der Waals surface area contributed by atoms with E-state index in [9.17, 15) is 0 Å². The van der Waals surface area contributed by atoms with Crippen LogP contribution in [0, 0.1) is 6.92 Å². The van der Waals surface area contributed by atoms with Crippen LogP contribution >= 0.6 is 0 Å². The minimum absolute atomic E-state index is 0.535. The summed E-state index contributed by atoms with van der Waals surface area (Å²) >= 11 is 0. The number of nitrogens with one attached hydrogen (secondary N) is 3. The Labute approximate surface area is 178 Å². The Morgan fingerprint density at radius 2 is 1.93 bits per heavy atom. The molecule has 5 rings (SSSR count). The number of morpholine rings is 1. The van der Waals surface area contributed by atoms with Crippen LogP contribution in [0.4, 0.5) is 11.8 Å². The van der Waals surface area contributed by atoms with Crippen molar-refractivity contribution in [3.05, 3.63) is 46.6 Å². The molecule has 3 N–H and O–H groups in total. The minimum atomic E-state index is 0.535. The molecule has 0 saturated carbocycles. The third-order valence-electron chi connectivity index (χ3n) is 5.35. The number of hydrogen-bond donors (Lipinski definition) is 3. The van der Waals surface area contributed by atoms with Crippen molar-refractivity contribution in [1.29, 1.82) is 0 Å². The Kier molecular flexibility index (Phi) is 7.23. The summed E-state index contributed by atoms with van der Waals surface area (Å²) in [5.41, 5.74) is 7.47. The summed E-state index contributed by atoms with van der Waals surface area (Å²) in [6.07, 6.45) is 4.57. The van der Waals surface area contributed by atoms with Gasteiger partial charge in [0.15, 0.2) is 0 Å². The van der Waals surface area contributed by atoms with Crippen molar-refractivity contribution in [3.63, 3.8) is 0 Å². The predicted octanol–water partition coefficient (Wildman–Crippen LogP) is 2.04. The molecule has 2 aromatic rings. The number of fused-ring (bicyclic) bond motifs is 1. The van der Waals surface area contributed by atoms with Crippen LogP contribution in [0.1, 0.15) is 35.2 Å².